The maximum absolute atomic E-state index is 13.7. The van der Waals surface area contributed by atoms with Crippen molar-refractivity contribution in [1.29, 1.82) is 0 Å². The lowest BCUT2D eigenvalue weighted by molar-refractivity contribution is -0.138. The predicted molar refractivity (Wildman–Crippen MR) is 143 cm³/mol. The number of benzene rings is 3. The monoisotopic (exact) mass is 615 g/mol. The van der Waals surface area contributed by atoms with Gasteiger partial charge in [-0.2, -0.15) is 31.4 Å². The Bertz CT molecular complexity index is 1480. The molecule has 1 heterocycles. The molecular weight excluding hydrogens is 596 g/mol. The minimum absolute atomic E-state index is 0.0685. The zero-order chi connectivity index (χ0) is 30.2. The second-order valence-corrected chi connectivity index (χ2v) is 10.4. The van der Waals surface area contributed by atoms with Crippen LogP contribution in [0.15, 0.2) is 77.9 Å². The number of alkyl halides is 6. The van der Waals surface area contributed by atoms with Crippen LogP contribution in [0.2, 0.25) is 5.02 Å². The molecule has 3 aromatic carbocycles. The van der Waals surface area contributed by atoms with E-state index < -0.39 is 45.2 Å². The number of hydrogen-bond acceptors (Lipinski definition) is 5. The molecule has 1 atom stereocenters. The number of amides is 2. The highest BCUT2D eigenvalue weighted by molar-refractivity contribution is 8.15. The molecule has 3 aromatic rings. The van der Waals surface area contributed by atoms with Gasteiger partial charge >= 0.3 is 23.7 Å². The molecule has 0 aliphatic carbocycles. The number of hydrogen-bond donors (Lipinski definition) is 0. The normalized spacial score (nSPS) is 17.3. The van der Waals surface area contributed by atoms with Crippen LogP contribution in [0, 0.1) is 0 Å². The number of urea groups is 1. The van der Waals surface area contributed by atoms with Gasteiger partial charge in [0, 0.05) is 5.56 Å². The number of carbonyl (C=O) groups excluding carboxylic acids is 2. The van der Waals surface area contributed by atoms with Gasteiger partial charge in [-0.1, -0.05) is 48.0 Å². The lowest BCUT2D eigenvalue weighted by atomic mass is 9.76. The molecule has 4 rings (SSSR count). The van der Waals surface area contributed by atoms with Crippen LogP contribution in [0.5, 0.6) is 0 Å². The summed E-state index contributed by atoms with van der Waals surface area (Å²) in [5, 5.41) is 3.93. The SMILES string of the molecule is COC(=O)SN(C(=O)N1CC(C)(c2ccccc2)C(c2ccc(C(F)(F)F)c(Cl)c2)=N1)c1ccc(C(F)(F)F)cc1. The van der Waals surface area contributed by atoms with Gasteiger partial charge in [-0.3, -0.25) is 0 Å². The van der Waals surface area contributed by atoms with Crippen molar-refractivity contribution in [2.75, 3.05) is 18.0 Å². The number of ether oxygens (including phenoxy) is 1. The van der Waals surface area contributed by atoms with Crippen molar-refractivity contribution in [3.63, 3.8) is 0 Å². The lowest BCUT2D eigenvalue weighted by Gasteiger charge is -2.29. The maximum Gasteiger partial charge on any atom is 0.417 e. The summed E-state index contributed by atoms with van der Waals surface area (Å²) in [6.45, 7) is 1.61. The van der Waals surface area contributed by atoms with Crippen LogP contribution in [-0.4, -0.2) is 35.7 Å². The number of halogens is 7. The predicted octanol–water partition coefficient (Wildman–Crippen LogP) is 8.40. The van der Waals surface area contributed by atoms with Crippen molar-refractivity contribution in [2.24, 2.45) is 5.10 Å². The molecule has 216 valence electrons. The quantitative estimate of drug-likeness (QED) is 0.169. The van der Waals surface area contributed by atoms with Gasteiger partial charge in [0.2, 0.25) is 0 Å². The van der Waals surface area contributed by atoms with Crippen molar-refractivity contribution in [3.05, 3.63) is 100 Å². The molecule has 0 fully saturated rings. The molecule has 2 amide bonds. The highest BCUT2D eigenvalue weighted by Gasteiger charge is 2.45. The number of carbonyl (C=O) groups is 2. The summed E-state index contributed by atoms with van der Waals surface area (Å²) >= 11 is 6.27. The van der Waals surface area contributed by atoms with E-state index in [0.717, 1.165) is 52.8 Å². The van der Waals surface area contributed by atoms with E-state index in [0.29, 0.717) is 17.5 Å². The van der Waals surface area contributed by atoms with Gasteiger partial charge < -0.3 is 4.74 Å². The summed E-state index contributed by atoms with van der Waals surface area (Å²) in [4.78, 5) is 25.9. The molecule has 0 saturated heterocycles. The molecule has 0 saturated carbocycles. The molecule has 0 N–H and O–H groups in total. The summed E-state index contributed by atoms with van der Waals surface area (Å²) < 4.78 is 84.8. The Morgan fingerprint density at radius 2 is 1.61 bits per heavy atom. The van der Waals surface area contributed by atoms with E-state index in [2.05, 4.69) is 9.84 Å². The Hall–Kier alpha value is -3.71. The smallest absolute Gasteiger partial charge is 0.417 e. The average Bonchev–Trinajstić information content (AvgIpc) is 3.29. The molecule has 14 heteroatoms. The lowest BCUT2D eigenvalue weighted by Crippen LogP contribution is -2.41. The Morgan fingerprint density at radius 3 is 2.15 bits per heavy atom. The summed E-state index contributed by atoms with van der Waals surface area (Å²) in [7, 11) is 1.07. The number of methoxy groups -OCH3 is 1. The van der Waals surface area contributed by atoms with Crippen LogP contribution in [0.25, 0.3) is 0 Å². The fourth-order valence-corrected chi connectivity index (χ4v) is 5.17. The van der Waals surface area contributed by atoms with Gasteiger partial charge in [-0.15, -0.1) is 0 Å². The van der Waals surface area contributed by atoms with E-state index in [9.17, 15) is 35.9 Å². The Kier molecular flexibility index (Phi) is 8.33. The Balaban J connectivity index is 1.79. The van der Waals surface area contributed by atoms with Crippen LogP contribution in [0.3, 0.4) is 0 Å². The van der Waals surface area contributed by atoms with E-state index in [4.69, 9.17) is 11.6 Å². The van der Waals surface area contributed by atoms with Crippen molar-refractivity contribution in [1.82, 2.24) is 5.01 Å². The molecular formula is C27H20ClF6N3O3S. The molecule has 0 spiro atoms. The van der Waals surface area contributed by atoms with Gasteiger partial charge in [0.15, 0.2) is 0 Å². The van der Waals surface area contributed by atoms with Crippen LogP contribution >= 0.6 is 23.5 Å². The highest BCUT2D eigenvalue weighted by atomic mass is 35.5. The fourth-order valence-electron chi connectivity index (χ4n) is 4.26. The fraction of sp³-hybridized carbons (Fsp3) is 0.222. The van der Waals surface area contributed by atoms with Crippen molar-refractivity contribution in [3.8, 4) is 0 Å². The molecule has 1 unspecified atom stereocenters. The average molecular weight is 616 g/mol. The van der Waals surface area contributed by atoms with E-state index in [1.807, 2.05) is 0 Å². The molecule has 1 aliphatic heterocycles. The van der Waals surface area contributed by atoms with Crippen LogP contribution in [0.4, 0.5) is 41.6 Å². The third kappa shape index (κ3) is 6.30. The molecule has 1 aliphatic rings. The van der Waals surface area contributed by atoms with E-state index >= 15 is 0 Å². The van der Waals surface area contributed by atoms with E-state index in [1.165, 1.54) is 6.07 Å². The topological polar surface area (TPSA) is 62.2 Å². The number of hydrazone groups is 1. The third-order valence-electron chi connectivity index (χ3n) is 6.32. The first-order valence-electron chi connectivity index (χ1n) is 11.7. The van der Waals surface area contributed by atoms with Gasteiger partial charge in [0.05, 0.1) is 58.6 Å². The first-order chi connectivity index (χ1) is 19.1. The summed E-state index contributed by atoms with van der Waals surface area (Å²) in [5.74, 6) is 0. The Labute approximate surface area is 239 Å². The summed E-state index contributed by atoms with van der Waals surface area (Å²) in [6.07, 6.45) is -9.32. The summed E-state index contributed by atoms with van der Waals surface area (Å²) in [5.41, 5.74) is -2.03. The minimum Gasteiger partial charge on any atom is -0.460 e. The molecule has 0 aromatic heterocycles. The number of anilines is 1. The molecule has 0 bridgehead atoms. The zero-order valence-corrected chi connectivity index (χ0v) is 22.8. The first-order valence-corrected chi connectivity index (χ1v) is 12.9. The highest BCUT2D eigenvalue weighted by Crippen LogP contribution is 2.40. The standard InChI is InChI=1S/C27H20ClF6N3O3S/c1-25(17-6-4-3-5-7-17)15-36(35-22(25)16-8-13-20(21(28)14-16)27(32,33)34)23(38)37(41-24(39)40-2)19-11-9-18(10-12-19)26(29,30)31/h3-14H,15H2,1-2H3. The summed E-state index contributed by atoms with van der Waals surface area (Å²) in [6, 6.07) is 14.5. The van der Waals surface area contributed by atoms with Crippen LogP contribution in [-0.2, 0) is 22.5 Å². The van der Waals surface area contributed by atoms with Crippen molar-refractivity contribution >= 4 is 46.3 Å². The first kappa shape index (κ1) is 30.3. The maximum atomic E-state index is 13.7. The van der Waals surface area contributed by atoms with Crippen molar-refractivity contribution in [2.45, 2.75) is 24.7 Å². The second-order valence-electron chi connectivity index (χ2n) is 9.06. The second kappa shape index (κ2) is 11.3. The Morgan fingerprint density at radius 1 is 0.976 bits per heavy atom. The largest absolute Gasteiger partial charge is 0.460 e. The zero-order valence-electron chi connectivity index (χ0n) is 21.3. The van der Waals surface area contributed by atoms with Crippen LogP contribution in [0.1, 0.15) is 29.2 Å². The third-order valence-corrected chi connectivity index (χ3v) is 7.50. The van der Waals surface area contributed by atoms with Gasteiger partial charge in [-0.25, -0.2) is 18.9 Å². The van der Waals surface area contributed by atoms with Gasteiger partial charge in [0.25, 0.3) is 0 Å². The minimum atomic E-state index is -4.69. The van der Waals surface area contributed by atoms with Crippen molar-refractivity contribution < 1.29 is 40.7 Å². The van der Waals surface area contributed by atoms with Gasteiger partial charge in [0.1, 0.15) is 0 Å². The number of rotatable bonds is 3. The molecule has 41 heavy (non-hydrogen) atoms. The van der Waals surface area contributed by atoms with E-state index in [-0.39, 0.29) is 23.5 Å². The van der Waals surface area contributed by atoms with Gasteiger partial charge in [-0.05, 0) is 48.9 Å². The number of nitrogens with zero attached hydrogens (tertiary/aromatic N) is 3. The molecule has 0 radical (unpaired) electrons. The van der Waals surface area contributed by atoms with Crippen LogP contribution < -0.4 is 4.31 Å². The molecule has 6 nitrogen and oxygen atoms in total. The van der Waals surface area contributed by atoms with E-state index in [1.54, 1.807) is 37.3 Å².